The van der Waals surface area contributed by atoms with E-state index in [1.807, 2.05) is 18.2 Å². The van der Waals surface area contributed by atoms with E-state index in [2.05, 4.69) is 15.5 Å². The number of thiazole rings is 1. The molecule has 9 nitrogen and oxygen atoms in total. The normalized spacial score (nSPS) is 12.5. The van der Waals surface area contributed by atoms with Crippen LogP contribution in [-0.2, 0) is 0 Å². The number of hydrogen-bond acceptors (Lipinski definition) is 10. The summed E-state index contributed by atoms with van der Waals surface area (Å²) in [6.07, 6.45) is 3.38. The molecule has 0 fully saturated rings. The smallest absolute Gasteiger partial charge is 0.231 e. The molecular weight excluding hydrogens is 434 g/mol. The van der Waals surface area contributed by atoms with Crippen LogP contribution in [0.1, 0.15) is 5.56 Å². The van der Waals surface area contributed by atoms with Gasteiger partial charge < -0.3 is 28.1 Å². The number of methoxy groups -OCH3 is 3. The Hall–Kier alpha value is -3.92. The van der Waals surface area contributed by atoms with E-state index in [0.717, 1.165) is 27.2 Å². The number of nitrogens with zero attached hydrogens (tertiary/aromatic N) is 2. The van der Waals surface area contributed by atoms with Crippen LogP contribution in [0.5, 0.6) is 28.7 Å². The highest BCUT2D eigenvalue weighted by Crippen LogP contribution is 2.40. The first-order valence-corrected chi connectivity index (χ1v) is 10.4. The lowest BCUT2D eigenvalue weighted by Crippen LogP contribution is -1.97. The van der Waals surface area contributed by atoms with Crippen LogP contribution in [0.15, 0.2) is 46.0 Å². The standard InChI is InChI=1S/C22H19N3O6S/c1-26-18-4-12(5-19(27-2)21(18)28-3)9-24-25-22-23-10-20(32-22)17-7-13-6-15-16(30-11-29-15)8-14(13)31-17/h4-10H,11H2,1-3H3,(H,23,25)/b24-9+. The molecule has 32 heavy (non-hydrogen) atoms. The Bertz CT molecular complexity index is 1250. The summed E-state index contributed by atoms with van der Waals surface area (Å²) in [4.78, 5) is 5.24. The summed E-state index contributed by atoms with van der Waals surface area (Å²) in [7, 11) is 4.70. The molecule has 10 heteroatoms. The molecule has 1 aliphatic heterocycles. The van der Waals surface area contributed by atoms with E-state index in [0.29, 0.717) is 33.9 Å². The third kappa shape index (κ3) is 3.65. The number of hydrogen-bond donors (Lipinski definition) is 1. The molecule has 1 N–H and O–H groups in total. The van der Waals surface area contributed by atoms with Crippen LogP contribution in [0.2, 0.25) is 0 Å². The van der Waals surface area contributed by atoms with Crippen molar-refractivity contribution in [2.75, 3.05) is 33.5 Å². The highest BCUT2D eigenvalue weighted by Gasteiger charge is 2.18. The number of ether oxygens (including phenoxy) is 5. The highest BCUT2D eigenvalue weighted by molar-refractivity contribution is 7.18. The lowest BCUT2D eigenvalue weighted by atomic mass is 10.2. The molecule has 2 aromatic heterocycles. The van der Waals surface area contributed by atoms with Crippen molar-refractivity contribution in [3.63, 3.8) is 0 Å². The Morgan fingerprint density at radius 3 is 2.47 bits per heavy atom. The Morgan fingerprint density at radius 2 is 1.75 bits per heavy atom. The number of furan rings is 1. The predicted molar refractivity (Wildman–Crippen MR) is 121 cm³/mol. The van der Waals surface area contributed by atoms with Crippen LogP contribution in [-0.4, -0.2) is 39.3 Å². The summed E-state index contributed by atoms with van der Waals surface area (Å²) >= 11 is 1.42. The first-order chi connectivity index (χ1) is 15.7. The fourth-order valence-corrected chi connectivity index (χ4v) is 4.05. The number of benzene rings is 2. The number of nitrogens with one attached hydrogen (secondary N) is 1. The summed E-state index contributed by atoms with van der Waals surface area (Å²) in [6.45, 7) is 0.231. The Morgan fingerprint density at radius 1 is 1.00 bits per heavy atom. The monoisotopic (exact) mass is 453 g/mol. The van der Waals surface area contributed by atoms with Gasteiger partial charge in [-0.15, -0.1) is 0 Å². The number of anilines is 1. The second-order valence-corrected chi connectivity index (χ2v) is 7.74. The molecule has 2 aromatic carbocycles. The Kier molecular flexibility index (Phi) is 5.20. The van der Waals surface area contributed by atoms with Gasteiger partial charge in [0.1, 0.15) is 11.3 Å². The molecule has 4 aromatic rings. The van der Waals surface area contributed by atoms with Crippen LogP contribution < -0.4 is 29.1 Å². The van der Waals surface area contributed by atoms with Crippen molar-refractivity contribution in [1.82, 2.24) is 4.98 Å². The van der Waals surface area contributed by atoms with Gasteiger partial charge in [-0.05, 0) is 24.3 Å². The minimum absolute atomic E-state index is 0.231. The van der Waals surface area contributed by atoms with E-state index in [-0.39, 0.29) is 6.79 Å². The molecule has 0 bridgehead atoms. The van der Waals surface area contributed by atoms with Gasteiger partial charge in [0.05, 0.1) is 38.6 Å². The fourth-order valence-electron chi connectivity index (χ4n) is 3.33. The topological polar surface area (TPSA) is 96.6 Å². The third-order valence-corrected chi connectivity index (χ3v) is 5.74. The zero-order valence-corrected chi connectivity index (χ0v) is 18.3. The van der Waals surface area contributed by atoms with Gasteiger partial charge in [0, 0.05) is 17.0 Å². The third-order valence-electron chi connectivity index (χ3n) is 4.82. The number of hydrazone groups is 1. The molecule has 3 heterocycles. The first-order valence-electron chi connectivity index (χ1n) is 9.57. The van der Waals surface area contributed by atoms with E-state index in [4.69, 9.17) is 28.1 Å². The van der Waals surface area contributed by atoms with Crippen molar-refractivity contribution in [1.29, 1.82) is 0 Å². The van der Waals surface area contributed by atoms with E-state index < -0.39 is 0 Å². The summed E-state index contributed by atoms with van der Waals surface area (Å²) in [5, 5.41) is 5.83. The van der Waals surface area contributed by atoms with Crippen molar-refractivity contribution >= 4 is 33.7 Å². The van der Waals surface area contributed by atoms with Gasteiger partial charge in [0.25, 0.3) is 0 Å². The van der Waals surface area contributed by atoms with Crippen molar-refractivity contribution in [2.24, 2.45) is 5.10 Å². The van der Waals surface area contributed by atoms with E-state index in [9.17, 15) is 0 Å². The van der Waals surface area contributed by atoms with Gasteiger partial charge in [-0.2, -0.15) is 5.10 Å². The Balaban J connectivity index is 1.33. The molecule has 0 aliphatic carbocycles. The zero-order chi connectivity index (χ0) is 22.1. The Labute approximate surface area is 187 Å². The summed E-state index contributed by atoms with van der Waals surface area (Å²) in [6, 6.07) is 9.31. The molecule has 0 unspecified atom stereocenters. The quantitative estimate of drug-likeness (QED) is 0.316. The molecule has 0 spiro atoms. The van der Waals surface area contributed by atoms with Gasteiger partial charge >= 0.3 is 0 Å². The van der Waals surface area contributed by atoms with Gasteiger partial charge in [0.15, 0.2) is 23.0 Å². The largest absolute Gasteiger partial charge is 0.493 e. The van der Waals surface area contributed by atoms with Crippen LogP contribution in [0, 0.1) is 0 Å². The van der Waals surface area contributed by atoms with Gasteiger partial charge in [-0.25, -0.2) is 4.98 Å². The molecule has 1 aliphatic rings. The second kappa shape index (κ2) is 8.31. The summed E-state index contributed by atoms with van der Waals surface area (Å²) in [5.74, 6) is 3.75. The van der Waals surface area contributed by atoms with Crippen molar-refractivity contribution in [3.05, 3.63) is 42.1 Å². The lowest BCUT2D eigenvalue weighted by Gasteiger charge is -2.12. The van der Waals surface area contributed by atoms with Crippen molar-refractivity contribution < 1.29 is 28.1 Å². The van der Waals surface area contributed by atoms with Crippen LogP contribution >= 0.6 is 11.3 Å². The summed E-state index contributed by atoms with van der Waals surface area (Å²) < 4.78 is 32.9. The maximum absolute atomic E-state index is 5.97. The van der Waals surface area contributed by atoms with E-state index in [1.54, 1.807) is 45.9 Å². The highest BCUT2D eigenvalue weighted by atomic mass is 32.1. The number of aromatic nitrogens is 1. The van der Waals surface area contributed by atoms with Crippen molar-refractivity contribution in [2.45, 2.75) is 0 Å². The lowest BCUT2D eigenvalue weighted by molar-refractivity contribution is 0.174. The number of rotatable bonds is 7. The van der Waals surface area contributed by atoms with Gasteiger partial charge in [-0.3, -0.25) is 5.43 Å². The predicted octanol–water partition coefficient (Wildman–Crippen LogP) is 4.76. The second-order valence-electron chi connectivity index (χ2n) is 6.71. The molecule has 0 radical (unpaired) electrons. The van der Waals surface area contributed by atoms with Crippen molar-refractivity contribution in [3.8, 4) is 39.4 Å². The minimum Gasteiger partial charge on any atom is -0.493 e. The molecule has 0 amide bonds. The average molecular weight is 453 g/mol. The molecule has 5 rings (SSSR count). The zero-order valence-electron chi connectivity index (χ0n) is 17.5. The van der Waals surface area contributed by atoms with Crippen LogP contribution in [0.25, 0.3) is 21.6 Å². The van der Waals surface area contributed by atoms with Gasteiger partial charge in [-0.1, -0.05) is 11.3 Å². The average Bonchev–Trinajstić information content (AvgIpc) is 3.55. The molecule has 0 atom stereocenters. The molecule has 0 saturated carbocycles. The van der Waals surface area contributed by atoms with Crippen LogP contribution in [0.4, 0.5) is 5.13 Å². The minimum atomic E-state index is 0.231. The first kappa shape index (κ1) is 20.0. The maximum Gasteiger partial charge on any atom is 0.231 e. The molecular formula is C22H19N3O6S. The van der Waals surface area contributed by atoms with Gasteiger partial charge in [0.2, 0.25) is 17.7 Å². The van der Waals surface area contributed by atoms with E-state index >= 15 is 0 Å². The SMILES string of the molecule is COc1cc(/C=N/Nc2ncc(-c3cc4cc5c(cc4o3)OCO5)s2)cc(OC)c1OC. The fraction of sp³-hybridized carbons (Fsp3) is 0.182. The van der Waals surface area contributed by atoms with E-state index in [1.165, 1.54) is 11.3 Å². The molecule has 164 valence electrons. The summed E-state index contributed by atoms with van der Waals surface area (Å²) in [5.41, 5.74) is 4.45. The maximum atomic E-state index is 5.97. The molecule has 0 saturated heterocycles. The van der Waals surface area contributed by atoms with Crippen LogP contribution in [0.3, 0.4) is 0 Å². The number of fused-ring (bicyclic) bond motifs is 2.